The van der Waals surface area contributed by atoms with Crippen molar-refractivity contribution in [1.29, 1.82) is 0 Å². The van der Waals surface area contributed by atoms with Gasteiger partial charge in [0.2, 0.25) is 11.6 Å². The fourth-order valence-corrected chi connectivity index (χ4v) is 2.80. The van der Waals surface area contributed by atoms with Crippen LogP contribution in [0.4, 0.5) is 28.7 Å². The monoisotopic (exact) mass is 344 g/mol. The molecule has 0 atom stereocenters. The van der Waals surface area contributed by atoms with Crippen molar-refractivity contribution in [3.8, 4) is 0 Å². The van der Waals surface area contributed by atoms with Crippen LogP contribution in [0.5, 0.6) is 0 Å². The third-order valence-corrected chi connectivity index (χ3v) is 3.96. The van der Waals surface area contributed by atoms with Crippen molar-refractivity contribution in [3.05, 3.63) is 50.8 Å². The van der Waals surface area contributed by atoms with Gasteiger partial charge >= 0.3 is 5.69 Å². The van der Waals surface area contributed by atoms with Crippen LogP contribution in [-0.2, 0) is 0 Å². The van der Waals surface area contributed by atoms with Crippen molar-refractivity contribution in [2.75, 3.05) is 23.3 Å². The summed E-state index contributed by atoms with van der Waals surface area (Å²) in [5.41, 5.74) is 0.00876. The number of benzene rings is 1. The highest BCUT2D eigenvalue weighted by Crippen LogP contribution is 2.35. The Kier molecular flexibility index (Phi) is 4.68. The molecule has 0 aliphatic carbocycles. The zero-order valence-corrected chi connectivity index (χ0v) is 13.3. The van der Waals surface area contributed by atoms with Gasteiger partial charge in [-0.25, -0.2) is 9.97 Å². The van der Waals surface area contributed by atoms with Gasteiger partial charge in [0.15, 0.2) is 0 Å². The summed E-state index contributed by atoms with van der Waals surface area (Å²) in [4.78, 5) is 31.4. The zero-order valence-electron chi connectivity index (χ0n) is 13.3. The molecule has 1 N–H and O–H groups in total. The van der Waals surface area contributed by atoms with Crippen molar-refractivity contribution >= 4 is 28.7 Å². The van der Waals surface area contributed by atoms with Gasteiger partial charge in [0, 0.05) is 30.9 Å². The Morgan fingerprint density at radius 1 is 1.04 bits per heavy atom. The topological polar surface area (TPSA) is 127 Å². The Balaban J connectivity index is 1.97. The first kappa shape index (κ1) is 16.6. The Labute approximate surface area is 142 Å². The fraction of sp³-hybridized carbons (Fsp3) is 0.333. The summed E-state index contributed by atoms with van der Waals surface area (Å²) in [6.07, 6.45) is 4.26. The van der Waals surface area contributed by atoms with Gasteiger partial charge < -0.3 is 10.2 Å². The van der Waals surface area contributed by atoms with E-state index in [0.29, 0.717) is 18.8 Å². The molecule has 10 heteroatoms. The molecule has 0 bridgehead atoms. The molecule has 0 unspecified atom stereocenters. The Hall–Kier alpha value is -3.30. The van der Waals surface area contributed by atoms with Crippen LogP contribution < -0.4 is 10.2 Å². The summed E-state index contributed by atoms with van der Waals surface area (Å²) >= 11 is 0. The molecule has 0 radical (unpaired) electrons. The lowest BCUT2D eigenvalue weighted by Crippen LogP contribution is -2.31. The predicted octanol–water partition coefficient (Wildman–Crippen LogP) is 3.03. The molecule has 0 spiro atoms. The lowest BCUT2D eigenvalue weighted by atomic mass is 10.1. The van der Waals surface area contributed by atoms with E-state index in [1.54, 1.807) is 6.07 Å². The van der Waals surface area contributed by atoms with E-state index < -0.39 is 9.85 Å². The predicted molar refractivity (Wildman–Crippen MR) is 91.1 cm³/mol. The summed E-state index contributed by atoms with van der Waals surface area (Å²) in [6.45, 7) is 1.40. The number of nitro benzene ring substituents is 1. The largest absolute Gasteiger partial charge is 0.353 e. The SMILES string of the molecule is O=[N+]([O-])c1cccc(Nc2ncnc(N3CCCCC3)c2[N+](=O)[O-])c1. The van der Waals surface area contributed by atoms with E-state index in [4.69, 9.17) is 0 Å². The molecule has 1 aliphatic heterocycles. The van der Waals surface area contributed by atoms with Gasteiger partial charge in [-0.15, -0.1) is 0 Å². The summed E-state index contributed by atoms with van der Waals surface area (Å²) in [5, 5.41) is 25.3. The van der Waals surface area contributed by atoms with Crippen LogP contribution >= 0.6 is 0 Å². The summed E-state index contributed by atoms with van der Waals surface area (Å²) in [5.74, 6) is 0.286. The van der Waals surface area contributed by atoms with Gasteiger partial charge in [-0.05, 0) is 25.3 Å². The Morgan fingerprint density at radius 2 is 1.80 bits per heavy atom. The van der Waals surface area contributed by atoms with Crippen molar-refractivity contribution in [3.63, 3.8) is 0 Å². The number of nitro groups is 2. The van der Waals surface area contributed by atoms with Crippen LogP contribution in [0.15, 0.2) is 30.6 Å². The van der Waals surface area contributed by atoms with Crippen molar-refractivity contribution < 1.29 is 9.85 Å². The molecule has 0 amide bonds. The molecule has 3 rings (SSSR count). The van der Waals surface area contributed by atoms with Crippen molar-refractivity contribution in [2.24, 2.45) is 0 Å². The average molecular weight is 344 g/mol. The van der Waals surface area contributed by atoms with E-state index in [1.165, 1.54) is 24.5 Å². The molecule has 1 aromatic carbocycles. The smallest absolute Gasteiger partial charge is 0.351 e. The lowest BCUT2D eigenvalue weighted by molar-refractivity contribution is -0.384. The number of piperidine rings is 1. The number of non-ortho nitro benzene ring substituents is 1. The van der Waals surface area contributed by atoms with E-state index >= 15 is 0 Å². The third kappa shape index (κ3) is 3.62. The highest BCUT2D eigenvalue weighted by Gasteiger charge is 2.28. The van der Waals surface area contributed by atoms with Gasteiger partial charge in [0.05, 0.1) is 9.85 Å². The molecular weight excluding hydrogens is 328 g/mol. The summed E-state index contributed by atoms with van der Waals surface area (Å²) < 4.78 is 0. The highest BCUT2D eigenvalue weighted by atomic mass is 16.6. The maximum absolute atomic E-state index is 11.6. The number of anilines is 3. The second-order valence-electron chi connectivity index (χ2n) is 5.63. The van der Waals surface area contributed by atoms with Crippen molar-refractivity contribution in [1.82, 2.24) is 9.97 Å². The minimum atomic E-state index is -0.529. The molecular formula is C15H16N6O4. The highest BCUT2D eigenvalue weighted by molar-refractivity contribution is 5.75. The molecule has 1 aromatic heterocycles. The van der Waals surface area contributed by atoms with Crippen LogP contribution in [0.2, 0.25) is 0 Å². The third-order valence-electron chi connectivity index (χ3n) is 3.96. The van der Waals surface area contributed by atoms with Gasteiger partial charge in [-0.1, -0.05) is 6.07 Å². The number of aromatic nitrogens is 2. The zero-order chi connectivity index (χ0) is 17.8. The molecule has 1 fully saturated rings. The standard InChI is InChI=1S/C15H16N6O4/c22-20(23)12-6-4-5-11(9-12)18-14-13(21(24)25)15(17-10-16-14)19-7-2-1-3-8-19/h4-6,9-10H,1-3,7-8H2,(H,16,17,18). The normalized spacial score (nSPS) is 14.2. The van der Waals surface area contributed by atoms with Crippen LogP contribution in [0, 0.1) is 20.2 Å². The molecule has 130 valence electrons. The Morgan fingerprint density at radius 3 is 2.48 bits per heavy atom. The fourth-order valence-electron chi connectivity index (χ4n) is 2.80. The van der Waals surface area contributed by atoms with Crippen molar-refractivity contribution in [2.45, 2.75) is 19.3 Å². The quantitative estimate of drug-likeness (QED) is 0.647. The lowest BCUT2D eigenvalue weighted by Gasteiger charge is -2.27. The number of hydrogen-bond donors (Lipinski definition) is 1. The van der Waals surface area contributed by atoms with E-state index in [9.17, 15) is 20.2 Å². The van der Waals surface area contributed by atoms with Gasteiger partial charge in [-0.2, -0.15) is 0 Å². The van der Waals surface area contributed by atoms with Crippen LogP contribution in [0.25, 0.3) is 0 Å². The molecule has 1 aliphatic rings. The van der Waals surface area contributed by atoms with Gasteiger partial charge in [-0.3, -0.25) is 20.2 Å². The minimum absolute atomic E-state index is 0.0149. The first-order chi connectivity index (χ1) is 12.1. The minimum Gasteiger partial charge on any atom is -0.351 e. The second kappa shape index (κ2) is 7.07. The molecule has 2 heterocycles. The number of rotatable bonds is 5. The summed E-state index contributed by atoms with van der Waals surface area (Å²) in [7, 11) is 0. The van der Waals surface area contributed by atoms with Crippen LogP contribution in [0.1, 0.15) is 19.3 Å². The van der Waals surface area contributed by atoms with Gasteiger partial charge in [0.1, 0.15) is 6.33 Å². The molecule has 0 saturated carbocycles. The second-order valence-corrected chi connectivity index (χ2v) is 5.63. The number of hydrogen-bond acceptors (Lipinski definition) is 8. The maximum atomic E-state index is 11.6. The van der Waals surface area contributed by atoms with Crippen LogP contribution in [-0.4, -0.2) is 32.9 Å². The number of nitrogens with one attached hydrogen (secondary N) is 1. The first-order valence-corrected chi connectivity index (χ1v) is 7.82. The molecule has 25 heavy (non-hydrogen) atoms. The first-order valence-electron chi connectivity index (χ1n) is 7.82. The maximum Gasteiger partial charge on any atom is 0.353 e. The molecule has 1 saturated heterocycles. The van der Waals surface area contributed by atoms with Crippen LogP contribution in [0.3, 0.4) is 0 Å². The van der Waals surface area contributed by atoms with Gasteiger partial charge in [0.25, 0.3) is 5.69 Å². The van der Waals surface area contributed by atoms with E-state index in [1.807, 2.05) is 4.90 Å². The molecule has 10 nitrogen and oxygen atoms in total. The van der Waals surface area contributed by atoms with E-state index in [2.05, 4.69) is 15.3 Å². The number of nitrogens with zero attached hydrogens (tertiary/aromatic N) is 5. The summed E-state index contributed by atoms with van der Waals surface area (Å²) in [6, 6.07) is 5.73. The molecule has 2 aromatic rings. The van der Waals surface area contributed by atoms with E-state index in [-0.39, 0.29) is 23.0 Å². The van der Waals surface area contributed by atoms with E-state index in [0.717, 1.165) is 19.3 Å². The Bertz CT molecular complexity index is 806. The average Bonchev–Trinajstić information content (AvgIpc) is 2.62.